The van der Waals surface area contributed by atoms with Crippen molar-refractivity contribution in [1.29, 1.82) is 0 Å². The summed E-state index contributed by atoms with van der Waals surface area (Å²) in [4.78, 5) is 24.4. The maximum absolute atomic E-state index is 12.3. The van der Waals surface area contributed by atoms with Crippen molar-refractivity contribution in [3.05, 3.63) is 29.3 Å². The van der Waals surface area contributed by atoms with Crippen molar-refractivity contribution < 1.29 is 19.1 Å². The Morgan fingerprint density at radius 1 is 0.828 bits per heavy atom. The highest BCUT2D eigenvalue weighted by Crippen LogP contribution is 2.20. The number of benzene rings is 1. The van der Waals surface area contributed by atoms with Gasteiger partial charge in [0.1, 0.15) is 0 Å². The van der Waals surface area contributed by atoms with Crippen LogP contribution in [0.15, 0.2) is 18.2 Å². The number of esters is 2. The molecule has 1 unspecified atom stereocenters. The molecule has 0 aliphatic rings. The summed E-state index contributed by atoms with van der Waals surface area (Å²) in [5.74, 6) is -1.01. The molecule has 1 aromatic rings. The van der Waals surface area contributed by atoms with E-state index in [1.807, 2.05) is 6.07 Å². The van der Waals surface area contributed by atoms with Gasteiger partial charge in [-0.1, -0.05) is 58.3 Å². The van der Waals surface area contributed by atoms with E-state index in [2.05, 4.69) is 19.2 Å². The molecular weight excluding hydrogens is 366 g/mol. The molecule has 5 heteroatoms. The molecule has 29 heavy (non-hydrogen) atoms. The molecule has 1 atom stereocenters. The van der Waals surface area contributed by atoms with E-state index in [9.17, 15) is 9.59 Å². The molecule has 0 amide bonds. The SMILES string of the molecule is CCCCCCCCCCC(C)Nc1ccc(C(=O)OCC)c(C(=O)OCC)c1. The van der Waals surface area contributed by atoms with Crippen LogP contribution in [0, 0.1) is 0 Å². The quantitative estimate of drug-likeness (QED) is 0.271. The van der Waals surface area contributed by atoms with Crippen LogP contribution in [0.1, 0.15) is 106 Å². The Bertz CT molecular complexity index is 615. The lowest BCUT2D eigenvalue weighted by Crippen LogP contribution is -2.18. The molecule has 0 saturated carbocycles. The molecular formula is C24H39NO4. The van der Waals surface area contributed by atoms with Crippen molar-refractivity contribution in [3.8, 4) is 0 Å². The molecule has 5 nitrogen and oxygen atoms in total. The lowest BCUT2D eigenvalue weighted by Gasteiger charge is -2.17. The van der Waals surface area contributed by atoms with Crippen molar-refractivity contribution >= 4 is 17.6 Å². The largest absolute Gasteiger partial charge is 0.462 e. The lowest BCUT2D eigenvalue weighted by atomic mass is 10.0. The number of ether oxygens (including phenoxy) is 2. The summed E-state index contributed by atoms with van der Waals surface area (Å²) in [5, 5.41) is 3.44. The Labute approximate surface area is 176 Å². The summed E-state index contributed by atoms with van der Waals surface area (Å²) < 4.78 is 10.2. The first kappa shape index (κ1) is 25.0. The first-order chi connectivity index (χ1) is 14.0. The van der Waals surface area contributed by atoms with Gasteiger partial charge in [-0.25, -0.2) is 9.59 Å². The minimum absolute atomic E-state index is 0.242. The summed E-state index contributed by atoms with van der Waals surface area (Å²) in [6.45, 7) is 8.39. The second-order valence-corrected chi connectivity index (χ2v) is 7.51. The van der Waals surface area contributed by atoms with Crippen LogP contribution in [-0.4, -0.2) is 31.2 Å². The number of nitrogens with one attached hydrogen (secondary N) is 1. The number of unbranched alkanes of at least 4 members (excludes halogenated alkanes) is 7. The summed E-state index contributed by atoms with van der Waals surface area (Å²) in [7, 11) is 0. The van der Waals surface area contributed by atoms with Gasteiger partial charge in [0, 0.05) is 11.7 Å². The van der Waals surface area contributed by atoms with E-state index in [1.165, 1.54) is 51.4 Å². The number of carbonyl (C=O) groups is 2. The summed E-state index contributed by atoms with van der Waals surface area (Å²) in [6, 6.07) is 5.43. The molecule has 0 radical (unpaired) electrons. The number of hydrogen-bond donors (Lipinski definition) is 1. The zero-order valence-corrected chi connectivity index (χ0v) is 18.7. The van der Waals surface area contributed by atoms with Crippen LogP contribution < -0.4 is 5.32 Å². The molecule has 1 rings (SSSR count). The van der Waals surface area contributed by atoms with E-state index in [0.29, 0.717) is 6.04 Å². The van der Waals surface area contributed by atoms with Crippen LogP contribution in [0.2, 0.25) is 0 Å². The first-order valence-electron chi connectivity index (χ1n) is 11.3. The smallest absolute Gasteiger partial charge is 0.339 e. The van der Waals surface area contributed by atoms with Crippen LogP contribution in [0.3, 0.4) is 0 Å². The molecule has 0 bridgehead atoms. The van der Waals surface area contributed by atoms with Crippen molar-refractivity contribution in [2.24, 2.45) is 0 Å². The van der Waals surface area contributed by atoms with E-state index in [1.54, 1.807) is 26.0 Å². The maximum atomic E-state index is 12.3. The predicted octanol–water partition coefficient (Wildman–Crippen LogP) is 6.37. The van der Waals surface area contributed by atoms with Gasteiger partial charge < -0.3 is 14.8 Å². The standard InChI is InChI=1S/C24H39NO4/c1-5-8-9-10-11-12-13-14-15-19(4)25-20-16-17-21(23(26)28-6-2)22(18-20)24(27)29-7-3/h16-19,25H,5-15H2,1-4H3. The minimum atomic E-state index is -0.505. The fourth-order valence-electron chi connectivity index (χ4n) is 3.34. The van der Waals surface area contributed by atoms with E-state index in [-0.39, 0.29) is 24.3 Å². The van der Waals surface area contributed by atoms with E-state index >= 15 is 0 Å². The molecule has 0 fully saturated rings. The van der Waals surface area contributed by atoms with Gasteiger partial charge in [0.05, 0.1) is 24.3 Å². The molecule has 0 spiro atoms. The van der Waals surface area contributed by atoms with Crippen molar-refractivity contribution in [3.63, 3.8) is 0 Å². The third kappa shape index (κ3) is 9.82. The second kappa shape index (κ2) is 14.9. The average molecular weight is 406 g/mol. The Kier molecular flexibility index (Phi) is 12.8. The van der Waals surface area contributed by atoms with Gasteiger partial charge in [0.2, 0.25) is 0 Å². The third-order valence-corrected chi connectivity index (χ3v) is 4.91. The molecule has 0 aliphatic heterocycles. The van der Waals surface area contributed by atoms with Crippen molar-refractivity contribution in [2.75, 3.05) is 18.5 Å². The van der Waals surface area contributed by atoms with Crippen LogP contribution in [0.5, 0.6) is 0 Å². The zero-order chi connectivity index (χ0) is 21.5. The lowest BCUT2D eigenvalue weighted by molar-refractivity contribution is 0.0479. The molecule has 1 aromatic carbocycles. The van der Waals surface area contributed by atoms with Crippen LogP contribution in [0.4, 0.5) is 5.69 Å². The summed E-state index contributed by atoms with van der Waals surface area (Å²) in [6.07, 6.45) is 11.5. The molecule has 1 N–H and O–H groups in total. The Balaban J connectivity index is 2.56. The third-order valence-electron chi connectivity index (χ3n) is 4.91. The highest BCUT2D eigenvalue weighted by atomic mass is 16.5. The van der Waals surface area contributed by atoms with E-state index in [4.69, 9.17) is 9.47 Å². The van der Waals surface area contributed by atoms with Gasteiger partial charge in [-0.05, 0) is 45.4 Å². The van der Waals surface area contributed by atoms with Crippen LogP contribution >= 0.6 is 0 Å². The highest BCUT2D eigenvalue weighted by Gasteiger charge is 2.20. The topological polar surface area (TPSA) is 64.6 Å². The Hall–Kier alpha value is -2.04. The van der Waals surface area contributed by atoms with Crippen molar-refractivity contribution in [2.45, 2.75) is 91.5 Å². The zero-order valence-electron chi connectivity index (χ0n) is 18.7. The Morgan fingerprint density at radius 2 is 1.38 bits per heavy atom. The average Bonchev–Trinajstić information content (AvgIpc) is 2.70. The van der Waals surface area contributed by atoms with Gasteiger partial charge in [0.15, 0.2) is 0 Å². The number of rotatable bonds is 15. The molecule has 164 valence electrons. The summed E-state index contributed by atoms with van der Waals surface area (Å²) in [5.41, 5.74) is 1.30. The summed E-state index contributed by atoms with van der Waals surface area (Å²) >= 11 is 0. The van der Waals surface area contributed by atoms with Crippen LogP contribution in [0.25, 0.3) is 0 Å². The predicted molar refractivity (Wildman–Crippen MR) is 119 cm³/mol. The fraction of sp³-hybridized carbons (Fsp3) is 0.667. The Morgan fingerprint density at radius 3 is 1.97 bits per heavy atom. The van der Waals surface area contributed by atoms with Gasteiger partial charge >= 0.3 is 11.9 Å². The maximum Gasteiger partial charge on any atom is 0.339 e. The van der Waals surface area contributed by atoms with Gasteiger partial charge in [-0.15, -0.1) is 0 Å². The van der Waals surface area contributed by atoms with Gasteiger partial charge in [-0.3, -0.25) is 0 Å². The molecule has 0 aromatic heterocycles. The van der Waals surface area contributed by atoms with Crippen molar-refractivity contribution in [1.82, 2.24) is 0 Å². The molecule has 0 saturated heterocycles. The van der Waals surface area contributed by atoms with Crippen LogP contribution in [-0.2, 0) is 9.47 Å². The van der Waals surface area contributed by atoms with Gasteiger partial charge in [0.25, 0.3) is 0 Å². The normalized spacial score (nSPS) is 11.7. The van der Waals surface area contributed by atoms with E-state index in [0.717, 1.165) is 12.1 Å². The highest BCUT2D eigenvalue weighted by molar-refractivity contribution is 6.04. The van der Waals surface area contributed by atoms with Gasteiger partial charge in [-0.2, -0.15) is 0 Å². The first-order valence-corrected chi connectivity index (χ1v) is 11.3. The van der Waals surface area contributed by atoms with E-state index < -0.39 is 11.9 Å². The molecule has 0 aliphatic carbocycles. The fourth-order valence-corrected chi connectivity index (χ4v) is 3.34. The number of anilines is 1. The molecule has 0 heterocycles. The monoisotopic (exact) mass is 405 g/mol. The minimum Gasteiger partial charge on any atom is -0.462 e. The number of carbonyl (C=O) groups excluding carboxylic acids is 2. The number of hydrogen-bond acceptors (Lipinski definition) is 5. The second-order valence-electron chi connectivity index (χ2n) is 7.51.